The van der Waals surface area contributed by atoms with Crippen molar-refractivity contribution < 1.29 is 41.9 Å². The van der Waals surface area contributed by atoms with Gasteiger partial charge in [-0.1, -0.05) is 0 Å². The summed E-state index contributed by atoms with van der Waals surface area (Å²) < 4.78 is 53.8. The summed E-state index contributed by atoms with van der Waals surface area (Å²) in [5.41, 5.74) is -2.01. The van der Waals surface area contributed by atoms with Crippen molar-refractivity contribution in [3.05, 3.63) is 58.1 Å². The molecule has 11 heteroatoms. The minimum atomic E-state index is -4.73. The van der Waals surface area contributed by atoms with Crippen molar-refractivity contribution in [3.8, 4) is 17.2 Å². The maximum absolute atomic E-state index is 12.8. The van der Waals surface area contributed by atoms with Crippen LogP contribution in [0.4, 0.5) is 18.9 Å². The summed E-state index contributed by atoms with van der Waals surface area (Å²) in [6, 6.07) is 7.46. The van der Waals surface area contributed by atoms with Crippen LogP contribution in [-0.4, -0.2) is 29.4 Å². The van der Waals surface area contributed by atoms with Crippen LogP contribution in [0.25, 0.3) is 0 Å². The maximum atomic E-state index is 12.8. The Labute approximate surface area is 174 Å². The molecule has 0 aliphatic carbocycles. The fourth-order valence-corrected chi connectivity index (χ4v) is 2.40. The third kappa shape index (κ3) is 6.69. The minimum Gasteiger partial charge on any atom is -0.483 e. The van der Waals surface area contributed by atoms with Crippen molar-refractivity contribution in [3.63, 3.8) is 0 Å². The van der Waals surface area contributed by atoms with Crippen LogP contribution >= 0.6 is 0 Å². The van der Waals surface area contributed by atoms with E-state index in [-0.39, 0.29) is 23.9 Å². The number of hydrogen-bond acceptors (Lipinski definition) is 7. The largest absolute Gasteiger partial charge is 0.483 e. The number of carbonyl (C=O) groups excluding carboxylic acids is 2. The molecular formula is C20H18F3NO7. The number of halogens is 3. The predicted molar refractivity (Wildman–Crippen MR) is 101 cm³/mol. The molecule has 0 aromatic heterocycles. The van der Waals surface area contributed by atoms with Crippen molar-refractivity contribution in [2.24, 2.45) is 0 Å². The molecule has 1 atom stereocenters. The highest BCUT2D eigenvalue weighted by Gasteiger charge is 2.33. The van der Waals surface area contributed by atoms with Crippen LogP contribution in [0.3, 0.4) is 0 Å². The van der Waals surface area contributed by atoms with E-state index in [1.165, 1.54) is 31.2 Å². The maximum Gasteiger partial charge on any atom is 0.416 e. The molecule has 1 unspecified atom stereocenters. The van der Waals surface area contributed by atoms with Crippen molar-refractivity contribution in [2.75, 3.05) is 6.61 Å². The van der Waals surface area contributed by atoms with Crippen LogP contribution in [0, 0.1) is 10.1 Å². The Kier molecular flexibility index (Phi) is 7.56. The van der Waals surface area contributed by atoms with Gasteiger partial charge in [-0.05, 0) is 50.2 Å². The number of rotatable bonds is 9. The number of benzene rings is 2. The SMILES string of the molecule is CCOC(=O)CC(=O)C(C)Oc1ccc(Oc2ccc(C(F)(F)F)cc2[N+](=O)[O-])cc1. The summed E-state index contributed by atoms with van der Waals surface area (Å²) in [5.74, 6) is -1.17. The lowest BCUT2D eigenvalue weighted by Crippen LogP contribution is -2.26. The second-order valence-electron chi connectivity index (χ2n) is 6.22. The lowest BCUT2D eigenvalue weighted by molar-refractivity contribution is -0.385. The van der Waals surface area contributed by atoms with Crippen molar-refractivity contribution >= 4 is 17.4 Å². The molecule has 2 aromatic carbocycles. The first-order chi connectivity index (χ1) is 14.5. The number of ether oxygens (including phenoxy) is 3. The van der Waals surface area contributed by atoms with E-state index in [1.807, 2.05) is 0 Å². The van der Waals surface area contributed by atoms with Gasteiger partial charge in [0.05, 0.1) is 17.1 Å². The van der Waals surface area contributed by atoms with Crippen LogP contribution in [0.1, 0.15) is 25.8 Å². The monoisotopic (exact) mass is 441 g/mol. The van der Waals surface area contributed by atoms with Crippen LogP contribution in [0.2, 0.25) is 0 Å². The summed E-state index contributed by atoms with van der Waals surface area (Å²) >= 11 is 0. The number of carbonyl (C=O) groups is 2. The molecular weight excluding hydrogens is 423 g/mol. The van der Waals surface area contributed by atoms with E-state index in [2.05, 4.69) is 0 Å². The van der Waals surface area contributed by atoms with E-state index in [9.17, 15) is 32.9 Å². The summed E-state index contributed by atoms with van der Waals surface area (Å²) in [6.45, 7) is 3.22. The molecule has 0 amide bonds. The highest BCUT2D eigenvalue weighted by atomic mass is 19.4. The van der Waals surface area contributed by atoms with Gasteiger partial charge in [0.2, 0.25) is 5.75 Å². The molecule has 0 bridgehead atoms. The number of ketones is 1. The smallest absolute Gasteiger partial charge is 0.416 e. The molecule has 8 nitrogen and oxygen atoms in total. The molecule has 0 aliphatic rings. The lowest BCUT2D eigenvalue weighted by Gasteiger charge is -2.14. The summed E-state index contributed by atoms with van der Waals surface area (Å²) in [5, 5.41) is 11.1. The zero-order valence-electron chi connectivity index (χ0n) is 16.5. The molecule has 0 aliphatic heterocycles. The first-order valence-electron chi connectivity index (χ1n) is 8.99. The van der Waals surface area contributed by atoms with Crippen LogP contribution in [0.5, 0.6) is 17.2 Å². The first-order valence-corrected chi connectivity index (χ1v) is 8.99. The number of nitro groups is 1. The van der Waals surface area contributed by atoms with E-state index in [4.69, 9.17) is 14.2 Å². The molecule has 166 valence electrons. The van der Waals surface area contributed by atoms with E-state index < -0.39 is 46.6 Å². The lowest BCUT2D eigenvalue weighted by atomic mass is 10.2. The summed E-state index contributed by atoms with van der Waals surface area (Å²) in [7, 11) is 0. The van der Waals surface area contributed by atoms with Gasteiger partial charge in [0.15, 0.2) is 11.9 Å². The average Bonchev–Trinajstić information content (AvgIpc) is 2.68. The molecule has 0 heterocycles. The number of Topliss-reactive ketones (excluding diaryl/α,β-unsaturated/α-hetero) is 1. The van der Waals surface area contributed by atoms with E-state index in [0.717, 1.165) is 6.07 Å². The van der Waals surface area contributed by atoms with Gasteiger partial charge in [0.1, 0.15) is 17.9 Å². The van der Waals surface area contributed by atoms with Crippen LogP contribution in [0.15, 0.2) is 42.5 Å². The van der Waals surface area contributed by atoms with Crippen LogP contribution in [-0.2, 0) is 20.5 Å². The number of esters is 1. The number of hydrogen-bond donors (Lipinski definition) is 0. The Bertz CT molecular complexity index is 958. The van der Waals surface area contributed by atoms with Gasteiger partial charge >= 0.3 is 17.8 Å². The van der Waals surface area contributed by atoms with Crippen molar-refractivity contribution in [2.45, 2.75) is 32.5 Å². The Hall–Kier alpha value is -3.63. The van der Waals surface area contributed by atoms with Gasteiger partial charge in [-0.2, -0.15) is 13.2 Å². The number of alkyl halides is 3. The molecule has 0 spiro atoms. The van der Waals surface area contributed by atoms with Gasteiger partial charge < -0.3 is 14.2 Å². The molecule has 2 aromatic rings. The highest BCUT2D eigenvalue weighted by molar-refractivity contribution is 5.97. The number of nitro benzene ring substituents is 1. The Morgan fingerprint density at radius 3 is 2.26 bits per heavy atom. The second-order valence-corrected chi connectivity index (χ2v) is 6.22. The third-order valence-electron chi connectivity index (χ3n) is 3.92. The molecule has 0 fully saturated rings. The van der Waals surface area contributed by atoms with E-state index >= 15 is 0 Å². The quantitative estimate of drug-likeness (QED) is 0.240. The normalized spacial score (nSPS) is 12.0. The van der Waals surface area contributed by atoms with Crippen molar-refractivity contribution in [1.29, 1.82) is 0 Å². The zero-order valence-corrected chi connectivity index (χ0v) is 16.5. The molecule has 0 saturated heterocycles. The van der Waals surface area contributed by atoms with Gasteiger partial charge in [-0.15, -0.1) is 0 Å². The molecule has 0 saturated carbocycles. The standard InChI is InChI=1S/C20H18F3NO7/c1-3-29-19(26)11-17(25)12(2)30-14-5-7-15(8-6-14)31-18-9-4-13(20(21,22)23)10-16(18)24(27)28/h4-10,12H,3,11H2,1-2H3. The van der Waals surface area contributed by atoms with Gasteiger partial charge in [-0.3, -0.25) is 19.7 Å². The Morgan fingerprint density at radius 1 is 1.10 bits per heavy atom. The van der Waals surface area contributed by atoms with E-state index in [0.29, 0.717) is 12.1 Å². The summed E-state index contributed by atoms with van der Waals surface area (Å²) in [4.78, 5) is 33.4. The van der Waals surface area contributed by atoms with Crippen molar-refractivity contribution in [1.82, 2.24) is 0 Å². The van der Waals surface area contributed by atoms with Gasteiger partial charge in [0.25, 0.3) is 0 Å². The third-order valence-corrected chi connectivity index (χ3v) is 3.92. The van der Waals surface area contributed by atoms with Crippen LogP contribution < -0.4 is 9.47 Å². The van der Waals surface area contributed by atoms with Gasteiger partial charge in [-0.25, -0.2) is 0 Å². The molecule has 2 rings (SSSR count). The Morgan fingerprint density at radius 2 is 1.71 bits per heavy atom. The summed E-state index contributed by atoms with van der Waals surface area (Å²) in [6.07, 6.45) is -6.11. The predicted octanol–water partition coefficient (Wildman–Crippen LogP) is 4.70. The molecule has 0 N–H and O–H groups in total. The molecule has 0 radical (unpaired) electrons. The number of nitrogens with zero attached hydrogens (tertiary/aromatic N) is 1. The van der Waals surface area contributed by atoms with E-state index in [1.54, 1.807) is 6.92 Å². The fourth-order valence-electron chi connectivity index (χ4n) is 2.40. The average molecular weight is 441 g/mol. The first kappa shape index (κ1) is 23.6. The highest BCUT2D eigenvalue weighted by Crippen LogP contribution is 2.38. The minimum absolute atomic E-state index is 0.0979. The second kappa shape index (κ2) is 9.92. The molecule has 31 heavy (non-hydrogen) atoms. The topological polar surface area (TPSA) is 105 Å². The fraction of sp³-hybridized carbons (Fsp3) is 0.300. The van der Waals surface area contributed by atoms with Gasteiger partial charge in [0, 0.05) is 6.07 Å². The zero-order chi connectivity index (χ0) is 23.2. The Balaban J connectivity index is 2.08.